The van der Waals surface area contributed by atoms with E-state index in [-0.39, 0.29) is 5.56 Å². The molecule has 0 aliphatic rings. The molecule has 0 unspecified atom stereocenters. The number of aromatic nitrogens is 2. The van der Waals surface area contributed by atoms with Gasteiger partial charge in [0, 0.05) is 18.5 Å². The first kappa shape index (κ1) is 13.1. The van der Waals surface area contributed by atoms with Crippen molar-refractivity contribution in [3.8, 4) is 11.6 Å². The van der Waals surface area contributed by atoms with Crippen LogP contribution in [0.25, 0.3) is 5.82 Å². The van der Waals surface area contributed by atoms with Crippen molar-refractivity contribution in [2.75, 3.05) is 0 Å². The summed E-state index contributed by atoms with van der Waals surface area (Å²) in [5, 5.41) is 0. The molecule has 4 nitrogen and oxygen atoms in total. The quantitative estimate of drug-likeness (QED) is 0.737. The average molecular weight is 278 g/mol. The third-order valence-electron chi connectivity index (χ3n) is 3.04. The van der Waals surface area contributed by atoms with Crippen LogP contribution in [-0.4, -0.2) is 9.55 Å². The molecule has 104 valence electrons. The maximum absolute atomic E-state index is 12.1. The van der Waals surface area contributed by atoms with Gasteiger partial charge in [-0.3, -0.25) is 9.36 Å². The Morgan fingerprint density at radius 2 is 1.81 bits per heavy atom. The molecular formula is C17H14N2O2. The minimum atomic E-state index is -0.167. The Labute approximate surface area is 122 Å². The lowest BCUT2D eigenvalue weighted by Gasteiger charge is -2.08. The van der Waals surface area contributed by atoms with Crippen LogP contribution in [0.15, 0.2) is 77.9 Å². The third-order valence-corrected chi connectivity index (χ3v) is 3.04. The van der Waals surface area contributed by atoms with Crippen LogP contribution in [0.5, 0.6) is 5.75 Å². The van der Waals surface area contributed by atoms with E-state index in [0.29, 0.717) is 18.2 Å². The fourth-order valence-corrected chi connectivity index (χ4v) is 1.98. The highest BCUT2D eigenvalue weighted by Crippen LogP contribution is 2.11. The topological polar surface area (TPSA) is 44.1 Å². The van der Waals surface area contributed by atoms with E-state index in [0.717, 1.165) is 5.56 Å². The van der Waals surface area contributed by atoms with E-state index in [1.165, 1.54) is 10.6 Å². The van der Waals surface area contributed by atoms with E-state index < -0.39 is 0 Å². The Bertz CT molecular complexity index is 768. The second-order valence-electron chi connectivity index (χ2n) is 4.53. The van der Waals surface area contributed by atoms with Crippen LogP contribution in [0.4, 0.5) is 0 Å². The maximum atomic E-state index is 12.1. The van der Waals surface area contributed by atoms with Crippen molar-refractivity contribution in [2.24, 2.45) is 0 Å². The van der Waals surface area contributed by atoms with Gasteiger partial charge < -0.3 is 4.74 Å². The summed E-state index contributed by atoms with van der Waals surface area (Å²) >= 11 is 0. The van der Waals surface area contributed by atoms with Gasteiger partial charge in [0.1, 0.15) is 18.2 Å². The van der Waals surface area contributed by atoms with E-state index in [1.807, 2.05) is 42.5 Å². The monoisotopic (exact) mass is 278 g/mol. The van der Waals surface area contributed by atoms with Crippen LogP contribution in [0.2, 0.25) is 0 Å². The summed E-state index contributed by atoms with van der Waals surface area (Å²) in [6.45, 7) is 0.438. The molecule has 0 N–H and O–H groups in total. The SMILES string of the molecule is O=c1cc(OCc2ccccc2)ccn1-c1ccccn1. The zero-order valence-corrected chi connectivity index (χ0v) is 11.3. The molecule has 1 aromatic carbocycles. The van der Waals surface area contributed by atoms with Crippen molar-refractivity contribution in [2.45, 2.75) is 6.61 Å². The molecule has 0 aliphatic carbocycles. The zero-order chi connectivity index (χ0) is 14.5. The lowest BCUT2D eigenvalue weighted by atomic mass is 10.2. The van der Waals surface area contributed by atoms with Gasteiger partial charge in [-0.25, -0.2) is 4.98 Å². The summed E-state index contributed by atoms with van der Waals surface area (Å²) in [5.74, 6) is 1.15. The largest absolute Gasteiger partial charge is 0.489 e. The molecule has 2 heterocycles. The maximum Gasteiger partial charge on any atom is 0.259 e. The lowest BCUT2D eigenvalue weighted by Crippen LogP contribution is -2.17. The Kier molecular flexibility index (Phi) is 3.78. The van der Waals surface area contributed by atoms with Crippen LogP contribution in [0.3, 0.4) is 0 Å². The molecule has 0 atom stereocenters. The first-order valence-electron chi connectivity index (χ1n) is 6.64. The van der Waals surface area contributed by atoms with Gasteiger partial charge in [-0.1, -0.05) is 36.4 Å². The Hall–Kier alpha value is -2.88. The number of benzene rings is 1. The zero-order valence-electron chi connectivity index (χ0n) is 11.3. The van der Waals surface area contributed by atoms with E-state index in [2.05, 4.69) is 4.98 Å². The summed E-state index contributed by atoms with van der Waals surface area (Å²) < 4.78 is 7.11. The van der Waals surface area contributed by atoms with Crippen LogP contribution in [-0.2, 0) is 6.61 Å². The third kappa shape index (κ3) is 3.17. The number of pyridine rings is 2. The van der Waals surface area contributed by atoms with Crippen molar-refractivity contribution in [3.63, 3.8) is 0 Å². The second kappa shape index (κ2) is 6.05. The van der Waals surface area contributed by atoms with Gasteiger partial charge in [0.25, 0.3) is 5.56 Å². The van der Waals surface area contributed by atoms with Crippen LogP contribution >= 0.6 is 0 Å². The summed E-state index contributed by atoms with van der Waals surface area (Å²) in [6, 6.07) is 18.5. The highest BCUT2D eigenvalue weighted by atomic mass is 16.5. The van der Waals surface area contributed by atoms with Gasteiger partial charge in [-0.2, -0.15) is 0 Å². The molecule has 0 spiro atoms. The molecule has 0 saturated heterocycles. The van der Waals surface area contributed by atoms with Gasteiger partial charge in [-0.05, 0) is 23.8 Å². The molecule has 3 aromatic rings. The molecule has 0 saturated carbocycles. The second-order valence-corrected chi connectivity index (χ2v) is 4.53. The first-order chi connectivity index (χ1) is 10.3. The fourth-order valence-electron chi connectivity index (χ4n) is 1.98. The molecule has 0 bridgehead atoms. The predicted molar refractivity (Wildman–Crippen MR) is 80.6 cm³/mol. The molecule has 3 rings (SSSR count). The summed E-state index contributed by atoms with van der Waals surface area (Å²) in [6.07, 6.45) is 3.33. The number of nitrogens with zero attached hydrogens (tertiary/aromatic N) is 2. The van der Waals surface area contributed by atoms with Gasteiger partial charge in [-0.15, -0.1) is 0 Å². The van der Waals surface area contributed by atoms with Gasteiger partial charge in [0.05, 0.1) is 0 Å². The van der Waals surface area contributed by atoms with Crippen LogP contribution < -0.4 is 10.3 Å². The van der Waals surface area contributed by atoms with Crippen LogP contribution in [0, 0.1) is 0 Å². The standard InChI is InChI=1S/C17H14N2O2/c20-17-12-15(21-13-14-6-2-1-3-7-14)9-11-19(17)16-8-4-5-10-18-16/h1-12H,13H2. The molecule has 0 fully saturated rings. The molecule has 0 amide bonds. The van der Waals surface area contributed by atoms with Crippen molar-refractivity contribution < 1.29 is 4.74 Å². The average Bonchev–Trinajstić information content (AvgIpc) is 2.55. The molecule has 0 radical (unpaired) electrons. The minimum Gasteiger partial charge on any atom is -0.489 e. The van der Waals surface area contributed by atoms with Crippen molar-refractivity contribution in [1.29, 1.82) is 0 Å². The molecular weight excluding hydrogens is 264 g/mol. The van der Waals surface area contributed by atoms with E-state index in [9.17, 15) is 4.79 Å². The molecule has 0 aliphatic heterocycles. The normalized spacial score (nSPS) is 10.3. The molecule has 21 heavy (non-hydrogen) atoms. The Morgan fingerprint density at radius 3 is 2.52 bits per heavy atom. The van der Waals surface area contributed by atoms with Gasteiger partial charge >= 0.3 is 0 Å². The lowest BCUT2D eigenvalue weighted by molar-refractivity contribution is 0.305. The fraction of sp³-hybridized carbons (Fsp3) is 0.0588. The van der Waals surface area contributed by atoms with Crippen molar-refractivity contribution in [3.05, 3.63) is 89.0 Å². The van der Waals surface area contributed by atoms with E-state index >= 15 is 0 Å². The Balaban J connectivity index is 1.77. The Morgan fingerprint density at radius 1 is 1.00 bits per heavy atom. The smallest absolute Gasteiger partial charge is 0.259 e. The molecule has 2 aromatic heterocycles. The number of hydrogen-bond acceptors (Lipinski definition) is 3. The minimum absolute atomic E-state index is 0.167. The van der Waals surface area contributed by atoms with Gasteiger partial charge in [0.2, 0.25) is 0 Å². The summed E-state index contributed by atoms with van der Waals surface area (Å²) in [5.41, 5.74) is 0.894. The van der Waals surface area contributed by atoms with Crippen molar-refractivity contribution in [1.82, 2.24) is 9.55 Å². The number of rotatable bonds is 4. The highest BCUT2D eigenvalue weighted by Gasteiger charge is 2.02. The predicted octanol–water partition coefficient (Wildman–Crippen LogP) is 2.81. The summed E-state index contributed by atoms with van der Waals surface area (Å²) in [4.78, 5) is 16.2. The first-order valence-corrected chi connectivity index (χ1v) is 6.64. The van der Waals surface area contributed by atoms with E-state index in [4.69, 9.17) is 4.74 Å². The van der Waals surface area contributed by atoms with E-state index in [1.54, 1.807) is 24.5 Å². The number of hydrogen-bond donors (Lipinski definition) is 0. The molecule has 4 heteroatoms. The van der Waals surface area contributed by atoms with Gasteiger partial charge in [0.15, 0.2) is 0 Å². The highest BCUT2D eigenvalue weighted by molar-refractivity contribution is 5.27. The van der Waals surface area contributed by atoms with Crippen LogP contribution in [0.1, 0.15) is 5.56 Å². The number of ether oxygens (including phenoxy) is 1. The van der Waals surface area contributed by atoms with Crippen molar-refractivity contribution >= 4 is 0 Å². The summed E-state index contributed by atoms with van der Waals surface area (Å²) in [7, 11) is 0.